The van der Waals surface area contributed by atoms with Crippen molar-refractivity contribution in [2.24, 2.45) is 43.3 Å². The molecule has 2 rings (SSSR count). The average Bonchev–Trinajstić information content (AvgIpc) is 3.08. The van der Waals surface area contributed by atoms with Gasteiger partial charge >= 0.3 is 0 Å². The molecule has 0 heteroatoms. The number of hydrogen-bond acceptors (Lipinski definition) is 0. The van der Waals surface area contributed by atoms with Crippen molar-refractivity contribution < 1.29 is 0 Å². The van der Waals surface area contributed by atoms with E-state index in [2.05, 4.69) is 215 Å². The standard InChI is InChI=1S/C22H30.C16H34.C14H30.C13H28/c1-21(2,3)15-17-7-11-19(12-8-17)20-13-9-18(10-14-20)16-22(4,5)6;1-15(2,3)13-11-9-7-8-10-12-14-16(4,5)6;1-13(2,3)11-9-7-8-10-12-14(4,5)6;1-12(2,3)10-8-7-9-11-13(4,5)6/h7-14H,15-16H2,1-6H3;7-14H2,1-6H3;7-12H2,1-6H3;7-11H2,1-6H3. The summed E-state index contributed by atoms with van der Waals surface area (Å²) in [4.78, 5) is 0. The van der Waals surface area contributed by atoms with Gasteiger partial charge in [-0.3, -0.25) is 0 Å². The molecule has 0 aliphatic carbocycles. The lowest BCUT2D eigenvalue weighted by Gasteiger charge is -2.20. The Hall–Kier alpha value is -1.56. The summed E-state index contributed by atoms with van der Waals surface area (Å²) in [6, 6.07) is 18.1. The fourth-order valence-electron chi connectivity index (χ4n) is 8.02. The maximum absolute atomic E-state index is 2.34. The van der Waals surface area contributed by atoms with E-state index in [0.29, 0.717) is 43.3 Å². The molecule has 0 N–H and O–H groups in total. The van der Waals surface area contributed by atoms with Crippen molar-refractivity contribution in [3.63, 3.8) is 0 Å². The van der Waals surface area contributed by atoms with Crippen LogP contribution in [-0.4, -0.2) is 0 Å². The summed E-state index contributed by atoms with van der Waals surface area (Å²) in [7, 11) is 0. The molecule has 382 valence electrons. The molecule has 0 fully saturated rings. The van der Waals surface area contributed by atoms with E-state index in [-0.39, 0.29) is 0 Å². The van der Waals surface area contributed by atoms with Crippen molar-refractivity contribution >= 4 is 0 Å². The average molecular weight is 904 g/mol. The SMILES string of the molecule is CC(C)(C)CCCCCC(C)(C)C.CC(C)(C)CCCCCCC(C)(C)C.CC(C)(C)CCCCCCCCC(C)(C)C.CC(C)(C)Cc1ccc(-c2ccc(CC(C)(C)C)cc2)cc1. The quantitative estimate of drug-likeness (QED) is 0.123. The molecule has 0 aliphatic heterocycles. The molecule has 0 saturated carbocycles. The van der Waals surface area contributed by atoms with Crippen molar-refractivity contribution in [2.45, 2.75) is 301 Å². The molecule has 0 heterocycles. The third-order valence-corrected chi connectivity index (χ3v) is 11.8. The molecular weight excluding hydrogens is 781 g/mol. The summed E-state index contributed by atoms with van der Waals surface area (Å²) < 4.78 is 0. The van der Waals surface area contributed by atoms with Crippen LogP contribution in [0.5, 0.6) is 0 Å². The first-order chi connectivity index (χ1) is 29.2. The van der Waals surface area contributed by atoms with Crippen molar-refractivity contribution in [3.05, 3.63) is 59.7 Å². The minimum absolute atomic E-state index is 0.343. The molecule has 0 atom stereocenters. The second kappa shape index (κ2) is 30.8. The highest BCUT2D eigenvalue weighted by atomic mass is 14.2. The Kier molecular flexibility index (Phi) is 31.1. The lowest BCUT2D eigenvalue weighted by atomic mass is 9.86. The highest BCUT2D eigenvalue weighted by Crippen LogP contribution is 2.30. The van der Waals surface area contributed by atoms with Gasteiger partial charge < -0.3 is 0 Å². The van der Waals surface area contributed by atoms with Crippen molar-refractivity contribution in [1.29, 1.82) is 0 Å². The van der Waals surface area contributed by atoms with Crippen LogP contribution in [-0.2, 0) is 12.8 Å². The summed E-state index contributed by atoms with van der Waals surface area (Å²) in [6.45, 7) is 55.8. The smallest absolute Gasteiger partial charge is 0.0184 e. The Morgan fingerprint density at radius 2 is 0.354 bits per heavy atom. The van der Waals surface area contributed by atoms with Crippen molar-refractivity contribution in [3.8, 4) is 11.1 Å². The van der Waals surface area contributed by atoms with E-state index >= 15 is 0 Å². The summed E-state index contributed by atoms with van der Waals surface area (Å²) in [5, 5.41) is 0. The number of benzene rings is 2. The molecule has 2 aromatic rings. The molecule has 0 bridgehead atoms. The van der Waals surface area contributed by atoms with E-state index in [0.717, 1.165) is 12.8 Å². The Balaban J connectivity index is 0. The number of rotatable bonds is 19. The molecule has 0 spiro atoms. The Labute approximate surface area is 413 Å². The molecule has 0 saturated heterocycles. The van der Waals surface area contributed by atoms with Crippen LogP contribution in [0.4, 0.5) is 0 Å². The largest absolute Gasteiger partial charge is 0.0602 e. The van der Waals surface area contributed by atoms with Gasteiger partial charge in [0.15, 0.2) is 0 Å². The summed E-state index contributed by atoms with van der Waals surface area (Å²) in [6.07, 6.45) is 29.0. The van der Waals surface area contributed by atoms with Crippen molar-refractivity contribution in [2.75, 3.05) is 0 Å². The molecule has 0 radical (unpaired) electrons. The zero-order valence-corrected chi connectivity index (χ0v) is 49.5. The van der Waals surface area contributed by atoms with E-state index in [1.807, 2.05) is 0 Å². The topological polar surface area (TPSA) is 0 Å². The van der Waals surface area contributed by atoms with Gasteiger partial charge in [0.25, 0.3) is 0 Å². The third-order valence-electron chi connectivity index (χ3n) is 11.8. The van der Waals surface area contributed by atoms with E-state index in [1.54, 1.807) is 0 Å². The van der Waals surface area contributed by atoms with Gasteiger partial charge in [0, 0.05) is 0 Å². The van der Waals surface area contributed by atoms with Gasteiger partial charge in [-0.1, -0.05) is 298 Å². The first-order valence-corrected chi connectivity index (χ1v) is 27.4. The zero-order valence-electron chi connectivity index (χ0n) is 49.5. The van der Waals surface area contributed by atoms with Crippen LogP contribution in [0, 0.1) is 43.3 Å². The van der Waals surface area contributed by atoms with Gasteiger partial charge in [0.1, 0.15) is 0 Å². The normalized spacial score (nSPS) is 13.0. The molecular formula is C65H122. The third kappa shape index (κ3) is 51.7. The van der Waals surface area contributed by atoms with Gasteiger partial charge in [-0.25, -0.2) is 0 Å². The molecule has 65 heavy (non-hydrogen) atoms. The lowest BCUT2D eigenvalue weighted by molar-refractivity contribution is 0.330. The molecule has 0 nitrogen and oxygen atoms in total. The fraction of sp³-hybridized carbons (Fsp3) is 0.815. The Morgan fingerprint density at radius 1 is 0.200 bits per heavy atom. The molecule has 0 aromatic heterocycles. The van der Waals surface area contributed by atoms with Gasteiger partial charge in [-0.05, 0) is 117 Å². The van der Waals surface area contributed by atoms with E-state index < -0.39 is 0 Å². The van der Waals surface area contributed by atoms with E-state index in [1.165, 1.54) is 144 Å². The van der Waals surface area contributed by atoms with E-state index in [9.17, 15) is 0 Å². The van der Waals surface area contributed by atoms with Crippen LogP contribution >= 0.6 is 0 Å². The Bertz CT molecular complexity index is 1280. The second-order valence-electron chi connectivity index (χ2n) is 30.3. The summed E-state index contributed by atoms with van der Waals surface area (Å²) in [5.74, 6) is 0. The maximum atomic E-state index is 2.34. The second-order valence-corrected chi connectivity index (χ2v) is 30.3. The number of unbranched alkanes of at least 4 members (excludes halogenated alkanes) is 10. The Morgan fingerprint density at radius 3 is 0.508 bits per heavy atom. The minimum Gasteiger partial charge on any atom is -0.0602 e. The predicted octanol–water partition coefficient (Wildman–Crippen LogP) is 23.2. The minimum atomic E-state index is 0.343. The highest BCUT2D eigenvalue weighted by molar-refractivity contribution is 5.64. The van der Waals surface area contributed by atoms with Crippen LogP contribution in [0.1, 0.15) is 299 Å². The van der Waals surface area contributed by atoms with Crippen molar-refractivity contribution in [1.82, 2.24) is 0 Å². The van der Waals surface area contributed by atoms with Crippen LogP contribution in [0.2, 0.25) is 0 Å². The highest BCUT2D eigenvalue weighted by Gasteiger charge is 2.15. The van der Waals surface area contributed by atoms with E-state index in [4.69, 9.17) is 0 Å². The van der Waals surface area contributed by atoms with Crippen LogP contribution in [0.15, 0.2) is 48.5 Å². The molecule has 2 aromatic carbocycles. The van der Waals surface area contributed by atoms with Gasteiger partial charge in [-0.2, -0.15) is 0 Å². The van der Waals surface area contributed by atoms with Gasteiger partial charge in [0.05, 0.1) is 0 Å². The molecule has 0 aliphatic rings. The zero-order chi connectivity index (χ0) is 50.8. The molecule has 0 unspecified atom stereocenters. The number of hydrogen-bond donors (Lipinski definition) is 0. The van der Waals surface area contributed by atoms with Gasteiger partial charge in [0.2, 0.25) is 0 Å². The first-order valence-electron chi connectivity index (χ1n) is 27.4. The summed E-state index contributed by atoms with van der Waals surface area (Å²) >= 11 is 0. The van der Waals surface area contributed by atoms with Crippen LogP contribution < -0.4 is 0 Å². The monoisotopic (exact) mass is 903 g/mol. The predicted molar refractivity (Wildman–Crippen MR) is 303 cm³/mol. The molecule has 0 amide bonds. The van der Waals surface area contributed by atoms with Crippen LogP contribution in [0.3, 0.4) is 0 Å². The maximum Gasteiger partial charge on any atom is -0.0184 e. The fourth-order valence-corrected chi connectivity index (χ4v) is 8.02. The summed E-state index contributed by atoms with van der Waals surface area (Å²) in [5.41, 5.74) is 9.32. The van der Waals surface area contributed by atoms with Gasteiger partial charge in [-0.15, -0.1) is 0 Å². The lowest BCUT2D eigenvalue weighted by Crippen LogP contribution is -2.09. The first kappa shape index (κ1) is 65.5. The van der Waals surface area contributed by atoms with Crippen LogP contribution in [0.25, 0.3) is 11.1 Å².